The van der Waals surface area contributed by atoms with E-state index < -0.39 is 11.7 Å². The molecule has 0 aliphatic carbocycles. The van der Waals surface area contributed by atoms with Crippen LogP contribution in [0.15, 0.2) is 36.7 Å². The molecule has 146 valence electrons. The van der Waals surface area contributed by atoms with E-state index in [4.69, 9.17) is 11.6 Å². The van der Waals surface area contributed by atoms with Gasteiger partial charge in [0.05, 0.1) is 33.7 Å². The largest absolute Gasteiger partial charge is 0.416 e. The second-order valence-electron chi connectivity index (χ2n) is 6.07. The first-order valence-electron chi connectivity index (χ1n) is 8.64. The van der Waals surface area contributed by atoms with E-state index in [1.165, 1.54) is 18.5 Å². The van der Waals surface area contributed by atoms with Gasteiger partial charge in [-0.2, -0.15) is 13.2 Å². The zero-order valence-corrected chi connectivity index (χ0v) is 15.9. The fraction of sp³-hybridized carbons (Fsp3) is 0.368. The molecule has 27 heavy (non-hydrogen) atoms. The van der Waals surface area contributed by atoms with Crippen molar-refractivity contribution in [3.05, 3.63) is 52.8 Å². The van der Waals surface area contributed by atoms with Crippen molar-refractivity contribution in [3.63, 3.8) is 0 Å². The maximum Gasteiger partial charge on any atom is 0.416 e. The Morgan fingerprint density at radius 1 is 1.15 bits per heavy atom. The molecule has 1 aromatic carbocycles. The molecular formula is C19H21ClF3N3O. The van der Waals surface area contributed by atoms with E-state index >= 15 is 0 Å². The summed E-state index contributed by atoms with van der Waals surface area (Å²) >= 11 is 6.01. The number of amides is 1. The van der Waals surface area contributed by atoms with E-state index in [0.717, 1.165) is 25.0 Å². The van der Waals surface area contributed by atoms with Crippen LogP contribution in [0.5, 0.6) is 0 Å². The summed E-state index contributed by atoms with van der Waals surface area (Å²) in [6.07, 6.45) is 0.0583. The normalized spacial score (nSPS) is 11.3. The summed E-state index contributed by atoms with van der Waals surface area (Å²) in [5.41, 5.74) is 0.0311. The number of aromatic nitrogens is 1. The van der Waals surface area contributed by atoms with Crippen molar-refractivity contribution in [2.75, 3.05) is 18.4 Å². The molecule has 0 unspecified atom stereocenters. The van der Waals surface area contributed by atoms with E-state index in [9.17, 15) is 18.0 Å². The molecule has 0 bridgehead atoms. The van der Waals surface area contributed by atoms with Gasteiger partial charge in [-0.1, -0.05) is 25.4 Å². The minimum Gasteiger partial charge on any atom is -0.353 e. The Labute approximate surface area is 161 Å². The average Bonchev–Trinajstić information content (AvgIpc) is 2.62. The number of hydrogen-bond donors (Lipinski definition) is 1. The van der Waals surface area contributed by atoms with Gasteiger partial charge in [-0.05, 0) is 37.1 Å². The number of hydrogen-bond acceptors (Lipinski definition) is 3. The highest BCUT2D eigenvalue weighted by molar-refractivity contribution is 6.33. The Bertz CT molecular complexity index is 790. The van der Waals surface area contributed by atoms with Gasteiger partial charge in [-0.25, -0.2) is 0 Å². The molecule has 0 saturated carbocycles. The first-order valence-corrected chi connectivity index (χ1v) is 9.02. The zero-order valence-electron chi connectivity index (χ0n) is 15.1. The lowest BCUT2D eigenvalue weighted by molar-refractivity contribution is -0.137. The van der Waals surface area contributed by atoms with Gasteiger partial charge in [0.25, 0.3) is 5.91 Å². The Kier molecular flexibility index (Phi) is 7.07. The molecule has 0 spiro atoms. The van der Waals surface area contributed by atoms with Crippen molar-refractivity contribution >= 4 is 28.9 Å². The number of carbonyl (C=O) groups is 1. The Morgan fingerprint density at radius 2 is 1.81 bits per heavy atom. The molecule has 2 aromatic rings. The molecule has 1 aromatic heterocycles. The SMILES string of the molecule is CCCN(CCC)C(=O)c1cncc(Nc2cc(C(F)(F)F)ccc2Cl)c1. The minimum atomic E-state index is -4.47. The van der Waals surface area contributed by atoms with Crippen LogP contribution >= 0.6 is 11.6 Å². The van der Waals surface area contributed by atoms with Gasteiger partial charge in [0.1, 0.15) is 0 Å². The summed E-state index contributed by atoms with van der Waals surface area (Å²) < 4.78 is 38.7. The van der Waals surface area contributed by atoms with Gasteiger partial charge in [0.15, 0.2) is 0 Å². The number of carbonyl (C=O) groups excluding carboxylic acids is 1. The molecule has 1 N–H and O–H groups in total. The highest BCUT2D eigenvalue weighted by atomic mass is 35.5. The molecule has 0 saturated heterocycles. The van der Waals surface area contributed by atoms with E-state index in [-0.39, 0.29) is 16.6 Å². The van der Waals surface area contributed by atoms with E-state index in [2.05, 4.69) is 10.3 Å². The van der Waals surface area contributed by atoms with Gasteiger partial charge in [-0.15, -0.1) is 0 Å². The van der Waals surface area contributed by atoms with Crippen LogP contribution in [0.1, 0.15) is 42.6 Å². The van der Waals surface area contributed by atoms with Crippen molar-refractivity contribution in [1.29, 1.82) is 0 Å². The van der Waals surface area contributed by atoms with Crippen molar-refractivity contribution in [2.45, 2.75) is 32.9 Å². The lowest BCUT2D eigenvalue weighted by atomic mass is 10.1. The molecule has 0 fully saturated rings. The highest BCUT2D eigenvalue weighted by Gasteiger charge is 2.31. The standard InChI is InChI=1S/C19H21ClF3N3O/c1-3-7-26(8-4-2)18(27)13-9-15(12-24-11-13)25-17-10-14(19(21,22)23)5-6-16(17)20/h5-6,9-12,25H,3-4,7-8H2,1-2H3. The summed E-state index contributed by atoms with van der Waals surface area (Å²) in [6.45, 7) is 5.23. The van der Waals surface area contributed by atoms with Crippen molar-refractivity contribution < 1.29 is 18.0 Å². The zero-order chi connectivity index (χ0) is 20.0. The van der Waals surface area contributed by atoms with Crippen LogP contribution in [0.3, 0.4) is 0 Å². The molecule has 0 atom stereocenters. The van der Waals surface area contributed by atoms with Crippen LogP contribution < -0.4 is 5.32 Å². The first kappa shape index (κ1) is 21.0. The highest BCUT2D eigenvalue weighted by Crippen LogP contribution is 2.35. The maximum absolute atomic E-state index is 12.9. The van der Waals surface area contributed by atoms with E-state index in [1.54, 1.807) is 11.0 Å². The van der Waals surface area contributed by atoms with E-state index in [0.29, 0.717) is 24.3 Å². The second-order valence-corrected chi connectivity index (χ2v) is 6.48. The molecule has 0 aliphatic rings. The summed E-state index contributed by atoms with van der Waals surface area (Å²) in [4.78, 5) is 18.4. The predicted molar refractivity (Wildman–Crippen MR) is 100 cm³/mol. The molecule has 8 heteroatoms. The summed E-state index contributed by atoms with van der Waals surface area (Å²) in [6, 6.07) is 4.58. The first-order chi connectivity index (χ1) is 12.8. The number of alkyl halides is 3. The van der Waals surface area contributed by atoms with Crippen molar-refractivity contribution in [1.82, 2.24) is 9.88 Å². The van der Waals surface area contributed by atoms with Crippen molar-refractivity contribution in [2.24, 2.45) is 0 Å². The molecule has 4 nitrogen and oxygen atoms in total. The monoisotopic (exact) mass is 399 g/mol. The molecule has 1 amide bonds. The fourth-order valence-corrected chi connectivity index (χ4v) is 2.78. The molecule has 0 radical (unpaired) electrons. The number of nitrogens with zero attached hydrogens (tertiary/aromatic N) is 2. The lowest BCUT2D eigenvalue weighted by Crippen LogP contribution is -2.32. The number of halogens is 4. The third-order valence-electron chi connectivity index (χ3n) is 3.83. The van der Waals surface area contributed by atoms with Gasteiger partial charge in [0, 0.05) is 19.3 Å². The summed E-state index contributed by atoms with van der Waals surface area (Å²) in [7, 11) is 0. The van der Waals surface area contributed by atoms with Gasteiger partial charge < -0.3 is 10.2 Å². The van der Waals surface area contributed by atoms with Crippen LogP contribution in [-0.4, -0.2) is 28.9 Å². The average molecular weight is 400 g/mol. The maximum atomic E-state index is 12.9. The lowest BCUT2D eigenvalue weighted by Gasteiger charge is -2.21. The van der Waals surface area contributed by atoms with Crippen molar-refractivity contribution in [3.8, 4) is 0 Å². The molecule has 1 heterocycles. The molecular weight excluding hydrogens is 379 g/mol. The van der Waals surface area contributed by atoms with Crippen LogP contribution in [0.4, 0.5) is 24.5 Å². The van der Waals surface area contributed by atoms with Gasteiger partial charge in [0.2, 0.25) is 0 Å². The number of pyridine rings is 1. The van der Waals surface area contributed by atoms with Crippen LogP contribution in [0.25, 0.3) is 0 Å². The number of nitrogens with one attached hydrogen (secondary N) is 1. The van der Waals surface area contributed by atoms with Gasteiger partial charge in [-0.3, -0.25) is 9.78 Å². The Morgan fingerprint density at radius 3 is 2.41 bits per heavy atom. The molecule has 2 rings (SSSR count). The third-order valence-corrected chi connectivity index (χ3v) is 4.16. The third kappa shape index (κ3) is 5.60. The summed E-state index contributed by atoms with van der Waals surface area (Å²) in [5.74, 6) is -0.162. The Hall–Kier alpha value is -2.28. The fourth-order valence-electron chi connectivity index (χ4n) is 2.62. The summed E-state index contributed by atoms with van der Waals surface area (Å²) in [5, 5.41) is 2.96. The second kappa shape index (κ2) is 9.08. The van der Waals surface area contributed by atoms with Crippen LogP contribution in [-0.2, 0) is 6.18 Å². The van der Waals surface area contributed by atoms with Gasteiger partial charge >= 0.3 is 6.18 Å². The Balaban J connectivity index is 2.27. The number of anilines is 2. The number of benzene rings is 1. The predicted octanol–water partition coefficient (Wildman–Crippen LogP) is 5.76. The minimum absolute atomic E-state index is 0.0943. The number of rotatable bonds is 7. The van der Waals surface area contributed by atoms with Crippen LogP contribution in [0.2, 0.25) is 5.02 Å². The quantitative estimate of drug-likeness (QED) is 0.643. The molecule has 0 aliphatic heterocycles. The van der Waals surface area contributed by atoms with E-state index in [1.807, 2.05) is 13.8 Å². The van der Waals surface area contributed by atoms with Crippen LogP contribution in [0, 0.1) is 0 Å². The topological polar surface area (TPSA) is 45.2 Å². The smallest absolute Gasteiger partial charge is 0.353 e.